The van der Waals surface area contributed by atoms with Crippen molar-refractivity contribution in [1.29, 1.82) is 0 Å². The van der Waals surface area contributed by atoms with E-state index in [2.05, 4.69) is 10.6 Å². The lowest BCUT2D eigenvalue weighted by molar-refractivity contribution is -0.115. The van der Waals surface area contributed by atoms with Gasteiger partial charge in [-0.3, -0.25) is 4.79 Å². The Morgan fingerprint density at radius 2 is 2.00 bits per heavy atom. The molecule has 1 amide bonds. The van der Waals surface area contributed by atoms with E-state index >= 15 is 0 Å². The van der Waals surface area contributed by atoms with E-state index in [1.807, 2.05) is 44.2 Å². The molecule has 0 bridgehead atoms. The van der Waals surface area contributed by atoms with Gasteiger partial charge in [-0.1, -0.05) is 35.9 Å². The van der Waals surface area contributed by atoms with Gasteiger partial charge in [0, 0.05) is 22.3 Å². The van der Waals surface area contributed by atoms with E-state index in [9.17, 15) is 4.79 Å². The fourth-order valence-corrected chi connectivity index (χ4v) is 2.48. The highest BCUT2D eigenvalue weighted by Gasteiger charge is 2.12. The summed E-state index contributed by atoms with van der Waals surface area (Å²) in [6.07, 6.45) is 0. The molecular weight excluding hydrogens is 312 g/mol. The van der Waals surface area contributed by atoms with E-state index in [-0.39, 0.29) is 18.5 Å². The Balaban J connectivity index is 1.95. The van der Waals surface area contributed by atoms with Crippen LogP contribution in [-0.2, 0) is 4.79 Å². The quantitative estimate of drug-likeness (QED) is 0.842. The number of carbonyl (C=O) groups is 1. The number of hydrogen-bond acceptors (Lipinski definition) is 3. The van der Waals surface area contributed by atoms with E-state index < -0.39 is 0 Å². The van der Waals surface area contributed by atoms with Crippen molar-refractivity contribution >= 4 is 23.2 Å². The van der Waals surface area contributed by atoms with Gasteiger partial charge in [0.25, 0.3) is 0 Å². The minimum Gasteiger partial charge on any atom is -0.496 e. The first-order chi connectivity index (χ1) is 11.0. The Hall–Kier alpha value is -2.04. The molecule has 0 radical (unpaired) electrons. The number of halogens is 1. The van der Waals surface area contributed by atoms with E-state index in [1.54, 1.807) is 19.2 Å². The van der Waals surface area contributed by atoms with Crippen LogP contribution in [0.5, 0.6) is 5.75 Å². The van der Waals surface area contributed by atoms with Gasteiger partial charge < -0.3 is 15.4 Å². The highest BCUT2D eigenvalue weighted by atomic mass is 35.5. The summed E-state index contributed by atoms with van der Waals surface area (Å²) in [5.74, 6) is 0.690. The number of nitrogens with one attached hydrogen (secondary N) is 2. The van der Waals surface area contributed by atoms with Crippen molar-refractivity contribution in [2.45, 2.75) is 19.9 Å². The Bertz CT molecular complexity index is 688. The molecule has 0 spiro atoms. The van der Waals surface area contributed by atoms with Crippen molar-refractivity contribution in [3.8, 4) is 5.75 Å². The smallest absolute Gasteiger partial charge is 0.238 e. The minimum atomic E-state index is -0.114. The molecule has 2 rings (SSSR count). The van der Waals surface area contributed by atoms with Crippen molar-refractivity contribution in [2.75, 3.05) is 19.0 Å². The molecule has 23 heavy (non-hydrogen) atoms. The molecule has 122 valence electrons. The zero-order chi connectivity index (χ0) is 16.8. The number of aryl methyl sites for hydroxylation is 1. The maximum Gasteiger partial charge on any atom is 0.238 e. The van der Waals surface area contributed by atoms with Crippen LogP contribution < -0.4 is 15.4 Å². The normalized spacial score (nSPS) is 11.8. The van der Waals surface area contributed by atoms with Crippen molar-refractivity contribution in [2.24, 2.45) is 0 Å². The fourth-order valence-electron chi connectivity index (χ4n) is 2.30. The molecule has 2 aromatic rings. The third-order valence-corrected chi connectivity index (χ3v) is 3.88. The zero-order valence-corrected chi connectivity index (χ0v) is 14.3. The predicted octanol–water partition coefficient (Wildman–Crippen LogP) is 3.95. The Morgan fingerprint density at radius 1 is 1.26 bits per heavy atom. The SMILES string of the molecule is COc1ccccc1[C@@H](C)NCC(=O)Nc1cc(Cl)ccc1C. The van der Waals surface area contributed by atoms with Crippen molar-refractivity contribution in [1.82, 2.24) is 5.32 Å². The highest BCUT2D eigenvalue weighted by molar-refractivity contribution is 6.31. The monoisotopic (exact) mass is 332 g/mol. The van der Waals surface area contributed by atoms with E-state index in [0.717, 1.165) is 22.6 Å². The molecule has 1 atom stereocenters. The average molecular weight is 333 g/mol. The third kappa shape index (κ3) is 4.71. The summed E-state index contributed by atoms with van der Waals surface area (Å²) in [5, 5.41) is 6.67. The molecule has 0 heterocycles. The highest BCUT2D eigenvalue weighted by Crippen LogP contribution is 2.24. The summed E-state index contributed by atoms with van der Waals surface area (Å²) in [5.41, 5.74) is 2.72. The van der Waals surface area contributed by atoms with Crippen molar-refractivity contribution in [3.05, 3.63) is 58.6 Å². The summed E-state index contributed by atoms with van der Waals surface area (Å²) >= 11 is 5.96. The molecule has 2 N–H and O–H groups in total. The molecule has 0 fully saturated rings. The standard InChI is InChI=1S/C18H21ClN2O2/c1-12-8-9-14(19)10-16(12)21-18(22)11-20-13(2)15-6-4-5-7-17(15)23-3/h4-10,13,20H,11H2,1-3H3,(H,21,22)/t13-/m1/s1. The van der Waals surface area contributed by atoms with Gasteiger partial charge in [-0.15, -0.1) is 0 Å². The maximum atomic E-state index is 12.1. The van der Waals surface area contributed by atoms with E-state index in [0.29, 0.717) is 5.02 Å². The largest absolute Gasteiger partial charge is 0.496 e. The molecule has 0 aliphatic heterocycles. The van der Waals surface area contributed by atoms with Gasteiger partial charge in [0.1, 0.15) is 5.75 Å². The molecule has 0 aliphatic rings. The number of hydrogen-bond donors (Lipinski definition) is 2. The second kappa shape index (κ2) is 7.99. The van der Waals surface area contributed by atoms with Gasteiger partial charge in [0.05, 0.1) is 13.7 Å². The first kappa shape index (κ1) is 17.3. The molecule has 0 saturated carbocycles. The Morgan fingerprint density at radius 3 is 2.74 bits per heavy atom. The summed E-state index contributed by atoms with van der Waals surface area (Å²) in [7, 11) is 1.64. The zero-order valence-electron chi connectivity index (χ0n) is 13.5. The van der Waals surface area contributed by atoms with Crippen LogP contribution in [0.25, 0.3) is 0 Å². The van der Waals surface area contributed by atoms with Crippen LogP contribution >= 0.6 is 11.6 Å². The number of carbonyl (C=O) groups excluding carboxylic acids is 1. The van der Waals surface area contributed by atoms with Gasteiger partial charge in [-0.2, -0.15) is 0 Å². The number of para-hydroxylation sites is 1. The lowest BCUT2D eigenvalue weighted by atomic mass is 10.1. The van der Waals surface area contributed by atoms with Gasteiger partial charge in [0.15, 0.2) is 0 Å². The lowest BCUT2D eigenvalue weighted by Gasteiger charge is -2.17. The van der Waals surface area contributed by atoms with Crippen LogP contribution in [0, 0.1) is 6.92 Å². The molecule has 0 unspecified atom stereocenters. The number of anilines is 1. The molecule has 0 aromatic heterocycles. The Kier molecular flexibility index (Phi) is 6.02. The summed E-state index contributed by atoms with van der Waals surface area (Å²) < 4.78 is 5.34. The van der Waals surface area contributed by atoms with Crippen LogP contribution in [-0.4, -0.2) is 19.6 Å². The molecule has 5 heteroatoms. The van der Waals surface area contributed by atoms with Gasteiger partial charge in [-0.05, 0) is 37.6 Å². The van der Waals surface area contributed by atoms with Gasteiger partial charge >= 0.3 is 0 Å². The van der Waals surface area contributed by atoms with Crippen LogP contribution in [0.1, 0.15) is 24.1 Å². The summed E-state index contributed by atoms with van der Waals surface area (Å²) in [6, 6.07) is 13.2. The lowest BCUT2D eigenvalue weighted by Crippen LogP contribution is -2.30. The van der Waals surface area contributed by atoms with Crippen molar-refractivity contribution < 1.29 is 9.53 Å². The second-order valence-electron chi connectivity index (χ2n) is 5.35. The first-order valence-corrected chi connectivity index (χ1v) is 7.81. The molecular formula is C18H21ClN2O2. The maximum absolute atomic E-state index is 12.1. The number of methoxy groups -OCH3 is 1. The number of ether oxygens (including phenoxy) is 1. The number of benzene rings is 2. The summed E-state index contributed by atoms with van der Waals surface area (Å²) in [6.45, 7) is 4.12. The Labute approximate surface area is 141 Å². The summed E-state index contributed by atoms with van der Waals surface area (Å²) in [4.78, 5) is 12.1. The molecule has 4 nitrogen and oxygen atoms in total. The fraction of sp³-hybridized carbons (Fsp3) is 0.278. The average Bonchev–Trinajstić information content (AvgIpc) is 2.56. The van der Waals surface area contributed by atoms with E-state index in [4.69, 9.17) is 16.3 Å². The van der Waals surface area contributed by atoms with Gasteiger partial charge in [-0.25, -0.2) is 0 Å². The van der Waals surface area contributed by atoms with Crippen LogP contribution in [0.15, 0.2) is 42.5 Å². The van der Waals surface area contributed by atoms with E-state index in [1.165, 1.54) is 0 Å². The molecule has 0 saturated heterocycles. The first-order valence-electron chi connectivity index (χ1n) is 7.43. The third-order valence-electron chi connectivity index (χ3n) is 3.65. The topological polar surface area (TPSA) is 50.4 Å². The predicted molar refractivity (Wildman–Crippen MR) is 94.2 cm³/mol. The number of rotatable bonds is 6. The van der Waals surface area contributed by atoms with Crippen LogP contribution in [0.4, 0.5) is 5.69 Å². The van der Waals surface area contributed by atoms with Gasteiger partial charge in [0.2, 0.25) is 5.91 Å². The van der Waals surface area contributed by atoms with Crippen LogP contribution in [0.3, 0.4) is 0 Å². The van der Waals surface area contributed by atoms with Crippen molar-refractivity contribution in [3.63, 3.8) is 0 Å². The van der Waals surface area contributed by atoms with Crippen LogP contribution in [0.2, 0.25) is 5.02 Å². The second-order valence-corrected chi connectivity index (χ2v) is 5.79. The minimum absolute atomic E-state index is 0.00245. The number of amides is 1. The molecule has 0 aliphatic carbocycles. The molecule has 2 aromatic carbocycles.